The van der Waals surface area contributed by atoms with Crippen LogP contribution in [0.25, 0.3) is 0 Å². The molecule has 1 aromatic rings. The SMILES string of the molecule is CC1CCN(Cc2csc(N)n2)C1C. The quantitative estimate of drug-likeness (QED) is 0.813. The normalized spacial score (nSPS) is 28.4. The Morgan fingerprint density at radius 1 is 1.64 bits per heavy atom. The topological polar surface area (TPSA) is 42.1 Å². The van der Waals surface area contributed by atoms with Crippen LogP contribution >= 0.6 is 11.3 Å². The summed E-state index contributed by atoms with van der Waals surface area (Å²) in [6.07, 6.45) is 1.31. The molecule has 2 N–H and O–H groups in total. The summed E-state index contributed by atoms with van der Waals surface area (Å²) in [4.78, 5) is 6.77. The number of nitrogens with two attached hydrogens (primary N) is 1. The Balaban J connectivity index is 1.98. The molecule has 1 aromatic heterocycles. The number of nitrogens with zero attached hydrogens (tertiary/aromatic N) is 2. The Kier molecular flexibility index (Phi) is 2.74. The third-order valence-corrected chi connectivity index (χ3v) is 3.93. The molecule has 2 heterocycles. The maximum Gasteiger partial charge on any atom is 0.180 e. The first kappa shape index (κ1) is 9.93. The van der Waals surface area contributed by atoms with Gasteiger partial charge in [-0.3, -0.25) is 4.90 Å². The van der Waals surface area contributed by atoms with Crippen molar-refractivity contribution >= 4 is 16.5 Å². The van der Waals surface area contributed by atoms with Gasteiger partial charge in [0.05, 0.1) is 5.69 Å². The fourth-order valence-electron chi connectivity index (χ4n) is 2.00. The Morgan fingerprint density at radius 2 is 2.43 bits per heavy atom. The zero-order chi connectivity index (χ0) is 10.1. The fourth-order valence-corrected chi connectivity index (χ4v) is 2.55. The lowest BCUT2D eigenvalue weighted by Gasteiger charge is -2.21. The van der Waals surface area contributed by atoms with Gasteiger partial charge in [0.2, 0.25) is 0 Å². The van der Waals surface area contributed by atoms with Gasteiger partial charge in [0.1, 0.15) is 0 Å². The van der Waals surface area contributed by atoms with Gasteiger partial charge in [-0.2, -0.15) is 0 Å². The standard InChI is InChI=1S/C10H17N3S/c1-7-3-4-13(8(7)2)5-9-6-14-10(11)12-9/h6-8H,3-5H2,1-2H3,(H2,11,12). The van der Waals surface area contributed by atoms with Crippen molar-refractivity contribution < 1.29 is 0 Å². The van der Waals surface area contributed by atoms with Crippen LogP contribution in [0, 0.1) is 5.92 Å². The molecule has 2 unspecified atom stereocenters. The molecule has 1 aliphatic heterocycles. The smallest absolute Gasteiger partial charge is 0.180 e. The first-order chi connectivity index (χ1) is 6.66. The van der Waals surface area contributed by atoms with Gasteiger partial charge in [-0.15, -0.1) is 11.3 Å². The van der Waals surface area contributed by atoms with E-state index in [4.69, 9.17) is 5.73 Å². The number of rotatable bonds is 2. The van der Waals surface area contributed by atoms with Gasteiger partial charge >= 0.3 is 0 Å². The van der Waals surface area contributed by atoms with Crippen LogP contribution in [0.15, 0.2) is 5.38 Å². The maximum atomic E-state index is 5.60. The number of thiazole rings is 1. The van der Waals surface area contributed by atoms with Crippen LogP contribution in [-0.2, 0) is 6.54 Å². The van der Waals surface area contributed by atoms with Gasteiger partial charge in [-0.05, 0) is 25.8 Å². The lowest BCUT2D eigenvalue weighted by Crippen LogP contribution is -2.28. The van der Waals surface area contributed by atoms with E-state index in [1.165, 1.54) is 24.3 Å². The minimum Gasteiger partial charge on any atom is -0.375 e. The van der Waals surface area contributed by atoms with Gasteiger partial charge in [0, 0.05) is 18.0 Å². The first-order valence-corrected chi connectivity index (χ1v) is 5.98. The van der Waals surface area contributed by atoms with Crippen LogP contribution in [0.1, 0.15) is 26.0 Å². The number of anilines is 1. The molecule has 0 radical (unpaired) electrons. The molecule has 4 heteroatoms. The summed E-state index contributed by atoms with van der Waals surface area (Å²) in [6.45, 7) is 6.77. The number of aromatic nitrogens is 1. The molecule has 2 rings (SSSR count). The summed E-state index contributed by atoms with van der Waals surface area (Å²) in [5, 5.41) is 2.74. The lowest BCUT2D eigenvalue weighted by molar-refractivity contribution is 0.237. The van der Waals surface area contributed by atoms with E-state index >= 15 is 0 Å². The second kappa shape index (κ2) is 3.87. The van der Waals surface area contributed by atoms with Crippen LogP contribution in [0.5, 0.6) is 0 Å². The molecule has 2 atom stereocenters. The van der Waals surface area contributed by atoms with Crippen molar-refractivity contribution in [3.05, 3.63) is 11.1 Å². The first-order valence-electron chi connectivity index (χ1n) is 5.10. The average Bonchev–Trinajstić information content (AvgIpc) is 2.67. The summed E-state index contributed by atoms with van der Waals surface area (Å²) in [5.41, 5.74) is 6.72. The third-order valence-electron chi connectivity index (χ3n) is 3.21. The van der Waals surface area contributed by atoms with Crippen LogP contribution in [0.3, 0.4) is 0 Å². The highest BCUT2D eigenvalue weighted by molar-refractivity contribution is 7.13. The van der Waals surface area contributed by atoms with Crippen LogP contribution in [0.4, 0.5) is 5.13 Å². The Labute approximate surface area is 88.9 Å². The highest BCUT2D eigenvalue weighted by Crippen LogP contribution is 2.25. The van der Waals surface area contributed by atoms with Crippen LogP contribution in [-0.4, -0.2) is 22.5 Å². The highest BCUT2D eigenvalue weighted by atomic mass is 32.1. The van der Waals surface area contributed by atoms with Crippen LogP contribution < -0.4 is 5.73 Å². The zero-order valence-electron chi connectivity index (χ0n) is 8.73. The minimum atomic E-state index is 0.679. The molecule has 0 aromatic carbocycles. The van der Waals surface area contributed by atoms with E-state index in [9.17, 15) is 0 Å². The highest BCUT2D eigenvalue weighted by Gasteiger charge is 2.27. The largest absolute Gasteiger partial charge is 0.375 e. The molecule has 78 valence electrons. The van der Waals surface area contributed by atoms with Gasteiger partial charge in [-0.25, -0.2) is 4.98 Å². The van der Waals surface area contributed by atoms with Crippen molar-refractivity contribution in [2.24, 2.45) is 5.92 Å². The summed E-state index contributed by atoms with van der Waals surface area (Å²) in [5.74, 6) is 0.811. The molecule has 0 bridgehead atoms. The Hall–Kier alpha value is -0.610. The fraction of sp³-hybridized carbons (Fsp3) is 0.700. The third kappa shape index (κ3) is 1.91. The number of nitrogen functional groups attached to an aromatic ring is 1. The summed E-state index contributed by atoms with van der Waals surface area (Å²) >= 11 is 1.53. The van der Waals surface area contributed by atoms with Crippen molar-refractivity contribution in [2.75, 3.05) is 12.3 Å². The van der Waals surface area contributed by atoms with E-state index in [1.54, 1.807) is 0 Å². The molecule has 3 nitrogen and oxygen atoms in total. The van der Waals surface area contributed by atoms with Crippen LogP contribution in [0.2, 0.25) is 0 Å². The van der Waals surface area contributed by atoms with Gasteiger partial charge in [-0.1, -0.05) is 6.92 Å². The predicted octanol–water partition coefficient (Wildman–Crippen LogP) is 1.96. The molecule has 0 saturated carbocycles. The molecule has 1 saturated heterocycles. The number of hydrogen-bond acceptors (Lipinski definition) is 4. The van der Waals surface area contributed by atoms with Crippen molar-refractivity contribution in [1.29, 1.82) is 0 Å². The zero-order valence-corrected chi connectivity index (χ0v) is 9.55. The monoisotopic (exact) mass is 211 g/mol. The van der Waals surface area contributed by atoms with E-state index in [-0.39, 0.29) is 0 Å². The molecule has 0 aliphatic carbocycles. The van der Waals surface area contributed by atoms with E-state index in [2.05, 4.69) is 29.1 Å². The average molecular weight is 211 g/mol. The molecule has 0 amide bonds. The number of hydrogen-bond donors (Lipinski definition) is 1. The minimum absolute atomic E-state index is 0.679. The molecule has 1 aliphatic rings. The Morgan fingerprint density at radius 3 is 2.93 bits per heavy atom. The second-order valence-electron chi connectivity index (χ2n) is 4.15. The van der Waals surface area contributed by atoms with E-state index < -0.39 is 0 Å². The summed E-state index contributed by atoms with van der Waals surface area (Å²) < 4.78 is 0. The van der Waals surface area contributed by atoms with Gasteiger partial charge in [0.25, 0.3) is 0 Å². The molecular weight excluding hydrogens is 194 g/mol. The van der Waals surface area contributed by atoms with Gasteiger partial charge < -0.3 is 5.73 Å². The maximum absolute atomic E-state index is 5.60. The van der Waals surface area contributed by atoms with Crippen molar-refractivity contribution in [2.45, 2.75) is 32.9 Å². The Bertz CT molecular complexity index is 310. The van der Waals surface area contributed by atoms with E-state index in [0.717, 1.165) is 18.2 Å². The number of likely N-dealkylation sites (tertiary alicyclic amines) is 1. The summed E-state index contributed by atoms with van der Waals surface area (Å²) in [6, 6.07) is 0.679. The second-order valence-corrected chi connectivity index (χ2v) is 5.04. The van der Waals surface area contributed by atoms with Gasteiger partial charge in [0.15, 0.2) is 5.13 Å². The van der Waals surface area contributed by atoms with Crippen molar-refractivity contribution in [3.8, 4) is 0 Å². The lowest BCUT2D eigenvalue weighted by atomic mass is 10.1. The van der Waals surface area contributed by atoms with Crippen molar-refractivity contribution in [1.82, 2.24) is 9.88 Å². The molecule has 1 fully saturated rings. The molecule has 14 heavy (non-hydrogen) atoms. The van der Waals surface area contributed by atoms with E-state index in [0.29, 0.717) is 11.2 Å². The predicted molar refractivity (Wildman–Crippen MR) is 60.2 cm³/mol. The molecule has 0 spiro atoms. The van der Waals surface area contributed by atoms with E-state index in [1.807, 2.05) is 0 Å². The molecular formula is C10H17N3S. The van der Waals surface area contributed by atoms with Crippen molar-refractivity contribution in [3.63, 3.8) is 0 Å². The summed E-state index contributed by atoms with van der Waals surface area (Å²) in [7, 11) is 0.